The molecular weight excluding hydrogens is 179 g/mol. The molecule has 0 amide bonds. The molecule has 0 saturated carbocycles. The Balaban J connectivity index is 4.13. The molecule has 0 aliphatic rings. The van der Waals surface area contributed by atoms with E-state index in [4.69, 9.17) is 12.8 Å². The fraction of sp³-hybridized carbons (Fsp3) is 0.429. The van der Waals surface area contributed by atoms with Crippen LogP contribution in [0.4, 0.5) is 0 Å². The zero-order chi connectivity index (χ0) is 9.45. The highest BCUT2D eigenvalue weighted by atomic mass is 31.2. The molecule has 0 spiro atoms. The van der Waals surface area contributed by atoms with Gasteiger partial charge in [-0.05, 0) is 6.42 Å². The van der Waals surface area contributed by atoms with Gasteiger partial charge in [-0.2, -0.15) is 0 Å². The first-order chi connectivity index (χ1) is 5.68. The summed E-state index contributed by atoms with van der Waals surface area (Å²) in [6.07, 6.45) is 13.5. The molecule has 0 radical (unpaired) electrons. The first kappa shape index (κ1) is 10.9. The summed E-state index contributed by atoms with van der Waals surface area (Å²) in [6.45, 7) is 2.04. The quantitative estimate of drug-likeness (QED) is 0.486. The maximum absolute atomic E-state index is 11.2. The van der Waals surface area contributed by atoms with Crippen molar-refractivity contribution >= 4 is 7.82 Å². The lowest BCUT2D eigenvalue weighted by Gasteiger charge is -2.09. The molecule has 0 aromatic rings. The van der Waals surface area contributed by atoms with E-state index in [1.54, 1.807) is 12.2 Å². The molecule has 0 unspecified atom stereocenters. The van der Waals surface area contributed by atoms with Crippen LogP contribution in [0.3, 0.4) is 0 Å². The molecule has 0 aromatic heterocycles. The van der Waals surface area contributed by atoms with Crippen molar-refractivity contribution in [3.05, 3.63) is 0 Å². The Morgan fingerprint density at radius 3 is 2.17 bits per heavy atom. The van der Waals surface area contributed by atoms with Crippen LogP contribution in [0.1, 0.15) is 13.3 Å². The largest absolute Gasteiger partial charge is 0.604 e. The molecule has 66 valence electrons. The number of hydrogen-bond acceptors (Lipinski definition) is 4. The SMILES string of the molecule is C#COP(=O)(OC#C)OCCC. The van der Waals surface area contributed by atoms with Gasteiger partial charge in [-0.3, -0.25) is 4.52 Å². The second kappa shape index (κ2) is 5.55. The van der Waals surface area contributed by atoms with Crippen LogP contribution in [0.25, 0.3) is 0 Å². The van der Waals surface area contributed by atoms with Crippen molar-refractivity contribution in [3.63, 3.8) is 0 Å². The first-order valence-electron chi connectivity index (χ1n) is 3.21. The summed E-state index contributed by atoms with van der Waals surface area (Å²) in [6, 6.07) is 0. The second-order valence-corrected chi connectivity index (χ2v) is 3.22. The highest BCUT2D eigenvalue weighted by molar-refractivity contribution is 7.48. The minimum Gasteiger partial charge on any atom is -0.341 e. The molecule has 0 atom stereocenters. The van der Waals surface area contributed by atoms with Crippen LogP contribution >= 0.6 is 7.82 Å². The van der Waals surface area contributed by atoms with Crippen molar-refractivity contribution in [3.8, 4) is 25.1 Å². The summed E-state index contributed by atoms with van der Waals surface area (Å²) >= 11 is 0. The van der Waals surface area contributed by atoms with E-state index in [0.29, 0.717) is 6.42 Å². The molecule has 0 N–H and O–H groups in total. The number of phosphoric acid groups is 1. The maximum Gasteiger partial charge on any atom is 0.604 e. The predicted molar refractivity (Wildman–Crippen MR) is 43.7 cm³/mol. The third-order valence-electron chi connectivity index (χ3n) is 0.783. The molecule has 0 bridgehead atoms. The standard InChI is InChI=1S/C7H9O4P/c1-4-7-11-12(8,9-5-2)10-6-3/h2-3H,4,7H2,1H3. The number of hydrogen-bond donors (Lipinski definition) is 0. The Kier molecular flexibility index (Phi) is 5.04. The Hall–Kier alpha value is -1.09. The van der Waals surface area contributed by atoms with Crippen molar-refractivity contribution in [2.75, 3.05) is 6.61 Å². The topological polar surface area (TPSA) is 44.8 Å². The minimum atomic E-state index is -3.71. The summed E-state index contributed by atoms with van der Waals surface area (Å²) in [7, 11) is -3.71. The molecular formula is C7H9O4P. The van der Waals surface area contributed by atoms with Gasteiger partial charge in [0.1, 0.15) is 12.2 Å². The van der Waals surface area contributed by atoms with E-state index in [-0.39, 0.29) is 6.61 Å². The van der Waals surface area contributed by atoms with Crippen molar-refractivity contribution in [1.82, 2.24) is 0 Å². The lowest BCUT2D eigenvalue weighted by atomic mass is 10.5. The third-order valence-corrected chi connectivity index (χ3v) is 1.94. The van der Waals surface area contributed by atoms with Gasteiger partial charge in [0.25, 0.3) is 0 Å². The first-order valence-corrected chi connectivity index (χ1v) is 4.67. The highest BCUT2D eigenvalue weighted by Crippen LogP contribution is 2.48. The zero-order valence-corrected chi connectivity index (χ0v) is 7.54. The van der Waals surface area contributed by atoms with E-state index < -0.39 is 7.82 Å². The Labute approximate surface area is 71.8 Å². The molecule has 0 heterocycles. The molecule has 0 rings (SSSR count). The number of rotatable bonds is 5. The fourth-order valence-corrected chi connectivity index (χ4v) is 1.21. The van der Waals surface area contributed by atoms with E-state index in [1.165, 1.54) is 0 Å². The molecule has 12 heavy (non-hydrogen) atoms. The van der Waals surface area contributed by atoms with E-state index in [0.717, 1.165) is 0 Å². The molecule has 0 aliphatic carbocycles. The molecule has 5 heteroatoms. The summed E-state index contributed by atoms with van der Waals surface area (Å²) in [5.74, 6) is 0. The van der Waals surface area contributed by atoms with Gasteiger partial charge in [-0.1, -0.05) is 19.8 Å². The summed E-state index contributed by atoms with van der Waals surface area (Å²) in [5, 5.41) is 0. The van der Waals surface area contributed by atoms with Crippen molar-refractivity contribution in [2.24, 2.45) is 0 Å². The molecule has 0 saturated heterocycles. The second-order valence-electron chi connectivity index (χ2n) is 1.70. The van der Waals surface area contributed by atoms with Crippen LogP contribution in [0.5, 0.6) is 0 Å². The normalized spacial score (nSPS) is 9.58. The average molecular weight is 188 g/mol. The van der Waals surface area contributed by atoms with Gasteiger partial charge in [-0.25, -0.2) is 4.57 Å². The van der Waals surface area contributed by atoms with Crippen LogP contribution in [-0.4, -0.2) is 6.61 Å². The highest BCUT2D eigenvalue weighted by Gasteiger charge is 2.27. The van der Waals surface area contributed by atoms with Gasteiger partial charge in [-0.15, -0.1) is 0 Å². The van der Waals surface area contributed by atoms with Crippen LogP contribution in [0, 0.1) is 25.1 Å². The fourth-order valence-electron chi connectivity index (χ4n) is 0.404. The van der Waals surface area contributed by atoms with Gasteiger partial charge >= 0.3 is 7.82 Å². The third kappa shape index (κ3) is 3.93. The molecule has 0 aliphatic heterocycles. The smallest absolute Gasteiger partial charge is 0.341 e. The van der Waals surface area contributed by atoms with Gasteiger partial charge in [0, 0.05) is 0 Å². The molecule has 4 nitrogen and oxygen atoms in total. The summed E-state index contributed by atoms with van der Waals surface area (Å²) in [4.78, 5) is 0. The van der Waals surface area contributed by atoms with Crippen LogP contribution in [0.2, 0.25) is 0 Å². The molecule has 0 fully saturated rings. The molecule has 0 aromatic carbocycles. The zero-order valence-electron chi connectivity index (χ0n) is 6.65. The Morgan fingerprint density at radius 2 is 1.83 bits per heavy atom. The maximum atomic E-state index is 11.2. The van der Waals surface area contributed by atoms with E-state index >= 15 is 0 Å². The minimum absolute atomic E-state index is 0.209. The van der Waals surface area contributed by atoms with Gasteiger partial charge in [0.05, 0.1) is 6.61 Å². The Morgan fingerprint density at radius 1 is 1.33 bits per heavy atom. The van der Waals surface area contributed by atoms with Crippen LogP contribution in [0.15, 0.2) is 0 Å². The predicted octanol–water partition coefficient (Wildman–Crippen LogP) is 1.74. The van der Waals surface area contributed by atoms with Crippen molar-refractivity contribution in [1.29, 1.82) is 0 Å². The van der Waals surface area contributed by atoms with Gasteiger partial charge < -0.3 is 9.05 Å². The lowest BCUT2D eigenvalue weighted by molar-refractivity contribution is 0.192. The van der Waals surface area contributed by atoms with Gasteiger partial charge in [0.15, 0.2) is 0 Å². The van der Waals surface area contributed by atoms with Gasteiger partial charge in [0.2, 0.25) is 0 Å². The number of phosphoric ester groups is 1. The van der Waals surface area contributed by atoms with Crippen molar-refractivity contribution in [2.45, 2.75) is 13.3 Å². The van der Waals surface area contributed by atoms with Crippen LogP contribution in [-0.2, 0) is 18.1 Å². The summed E-state index contributed by atoms with van der Waals surface area (Å²) in [5.41, 5.74) is 0. The van der Waals surface area contributed by atoms with E-state index in [1.807, 2.05) is 6.92 Å². The monoisotopic (exact) mass is 188 g/mol. The van der Waals surface area contributed by atoms with E-state index in [2.05, 4.69) is 13.6 Å². The van der Waals surface area contributed by atoms with E-state index in [9.17, 15) is 4.57 Å². The van der Waals surface area contributed by atoms with Crippen molar-refractivity contribution < 1.29 is 18.1 Å². The Bertz CT molecular complexity index is 227. The summed E-state index contributed by atoms with van der Waals surface area (Å²) < 4.78 is 24.4. The average Bonchev–Trinajstić information content (AvgIpc) is 2.02. The van der Waals surface area contributed by atoms with Crippen LogP contribution < -0.4 is 0 Å². The lowest BCUT2D eigenvalue weighted by Crippen LogP contribution is -1.95. The number of terminal acetylenes is 2.